The summed E-state index contributed by atoms with van der Waals surface area (Å²) in [5.74, 6) is -2.01. The van der Waals surface area contributed by atoms with Crippen molar-refractivity contribution in [2.24, 2.45) is 0 Å². The molecule has 1 heterocycles. The lowest BCUT2D eigenvalue weighted by molar-refractivity contribution is -0.297. The molecule has 51 heavy (non-hydrogen) atoms. The van der Waals surface area contributed by atoms with E-state index in [1.54, 1.807) is 0 Å². The van der Waals surface area contributed by atoms with Gasteiger partial charge in [0.1, 0.15) is 36.8 Å². The maximum Gasteiger partial charge on any atom is 0.306 e. The Hall–Kier alpha value is -1.87. The van der Waals surface area contributed by atoms with Gasteiger partial charge >= 0.3 is 11.9 Å². The number of hydrogen-bond acceptors (Lipinski definition) is 11. The first-order chi connectivity index (χ1) is 24.5. The second kappa shape index (κ2) is 29.6. The van der Waals surface area contributed by atoms with Gasteiger partial charge in [-0.3, -0.25) is 14.1 Å². The van der Waals surface area contributed by atoms with Crippen molar-refractivity contribution in [2.45, 2.75) is 185 Å². The van der Waals surface area contributed by atoms with E-state index in [9.17, 15) is 37.9 Å². The maximum absolute atomic E-state index is 12.7. The Kier molecular flexibility index (Phi) is 27.3. The molecule has 0 spiro atoms. The Bertz CT molecular complexity index is 1060. The average molecular weight is 749 g/mol. The van der Waals surface area contributed by atoms with Crippen molar-refractivity contribution in [1.29, 1.82) is 0 Å². The fourth-order valence-corrected chi connectivity index (χ4v) is 6.34. The molecule has 0 aromatic carbocycles. The molecule has 0 aliphatic carbocycles. The summed E-state index contributed by atoms with van der Waals surface area (Å²) in [7, 11) is -4.60. The average Bonchev–Trinajstić information content (AvgIpc) is 3.09. The fraction of sp³-hybridized carbons (Fsp3) is 0.842. The van der Waals surface area contributed by atoms with E-state index in [2.05, 4.69) is 38.2 Å². The van der Waals surface area contributed by atoms with Crippen LogP contribution in [0.4, 0.5) is 0 Å². The first kappa shape index (κ1) is 47.2. The zero-order valence-electron chi connectivity index (χ0n) is 31.2. The van der Waals surface area contributed by atoms with Crippen molar-refractivity contribution in [3.8, 4) is 0 Å². The van der Waals surface area contributed by atoms with Crippen LogP contribution in [0, 0.1) is 0 Å². The highest BCUT2D eigenvalue weighted by Crippen LogP contribution is 2.24. The van der Waals surface area contributed by atoms with E-state index in [0.29, 0.717) is 12.8 Å². The van der Waals surface area contributed by atoms with Crippen molar-refractivity contribution in [3.05, 3.63) is 24.3 Å². The SMILES string of the molecule is CCCC/C=C\CCCCCCCC(=O)OCC(COC1OC(CS(=O)(=O)O)C(O)C(O)C1O)OC(=O)CCCCCCC/C=C\CCCCC. The largest absolute Gasteiger partial charge is 0.462 e. The van der Waals surface area contributed by atoms with Gasteiger partial charge in [0.15, 0.2) is 12.4 Å². The Morgan fingerprint density at radius 3 is 1.69 bits per heavy atom. The van der Waals surface area contributed by atoms with Gasteiger partial charge in [-0.1, -0.05) is 102 Å². The molecule has 6 unspecified atom stereocenters. The summed E-state index contributed by atoms with van der Waals surface area (Å²) in [6, 6.07) is 0. The molecule has 1 aliphatic heterocycles. The molecule has 1 rings (SSSR count). The molecule has 13 heteroatoms. The van der Waals surface area contributed by atoms with Crippen LogP contribution in [-0.2, 0) is 38.7 Å². The van der Waals surface area contributed by atoms with Gasteiger partial charge in [0.25, 0.3) is 10.1 Å². The molecule has 0 aromatic rings. The lowest BCUT2D eigenvalue weighted by atomic mass is 10.00. The van der Waals surface area contributed by atoms with E-state index in [0.717, 1.165) is 77.0 Å². The van der Waals surface area contributed by atoms with Crippen LogP contribution >= 0.6 is 0 Å². The minimum absolute atomic E-state index is 0.153. The van der Waals surface area contributed by atoms with Gasteiger partial charge in [0, 0.05) is 12.8 Å². The highest BCUT2D eigenvalue weighted by molar-refractivity contribution is 7.85. The van der Waals surface area contributed by atoms with Crippen molar-refractivity contribution in [3.63, 3.8) is 0 Å². The van der Waals surface area contributed by atoms with Gasteiger partial charge in [-0.15, -0.1) is 0 Å². The number of esters is 2. The number of rotatable bonds is 31. The van der Waals surface area contributed by atoms with E-state index in [1.807, 2.05) is 0 Å². The van der Waals surface area contributed by atoms with Crippen LogP contribution in [-0.4, -0.2) is 96.0 Å². The number of allylic oxidation sites excluding steroid dienone is 4. The molecule has 0 aromatic heterocycles. The second-order valence-corrected chi connectivity index (χ2v) is 15.1. The Labute approximate surface area is 307 Å². The van der Waals surface area contributed by atoms with E-state index >= 15 is 0 Å². The molecular formula is C38H68O12S. The van der Waals surface area contributed by atoms with Crippen LogP contribution in [0.3, 0.4) is 0 Å². The third-order valence-electron chi connectivity index (χ3n) is 8.75. The summed E-state index contributed by atoms with van der Waals surface area (Å²) in [6.07, 6.45) is 19.6. The molecule has 0 amide bonds. The highest BCUT2D eigenvalue weighted by atomic mass is 32.2. The summed E-state index contributed by atoms with van der Waals surface area (Å²) < 4.78 is 53.7. The number of ether oxygens (including phenoxy) is 4. The molecule has 6 atom stereocenters. The van der Waals surface area contributed by atoms with E-state index in [-0.39, 0.29) is 19.4 Å². The Balaban J connectivity index is 2.55. The number of hydrogen-bond donors (Lipinski definition) is 4. The standard InChI is InChI=1S/C38H68O12S/c1-3-5-7-9-11-13-15-17-19-21-23-25-27-34(40)49-31(28-47-33(39)26-24-22-20-18-16-14-12-10-8-6-4-2)29-48-38-37(43)36(42)35(41)32(50-38)30-51(44,45)46/h10-13,31-32,35-38,41-43H,3-9,14-30H2,1-2H3,(H,44,45,46)/b12-10-,13-11-. The number of carbonyl (C=O) groups excluding carboxylic acids is 2. The predicted octanol–water partition coefficient (Wildman–Crippen LogP) is 6.50. The lowest BCUT2D eigenvalue weighted by Gasteiger charge is -2.40. The second-order valence-electron chi connectivity index (χ2n) is 13.6. The molecule has 0 bridgehead atoms. The number of aliphatic hydroxyl groups excluding tert-OH is 3. The minimum atomic E-state index is -4.60. The van der Waals surface area contributed by atoms with E-state index in [4.69, 9.17) is 18.9 Å². The van der Waals surface area contributed by atoms with E-state index < -0.39 is 71.2 Å². The summed E-state index contributed by atoms with van der Waals surface area (Å²) >= 11 is 0. The van der Waals surface area contributed by atoms with Gasteiger partial charge in [0.05, 0.1) is 6.61 Å². The topological polar surface area (TPSA) is 186 Å². The highest BCUT2D eigenvalue weighted by Gasteiger charge is 2.46. The van der Waals surface area contributed by atoms with Crippen molar-refractivity contribution in [1.82, 2.24) is 0 Å². The van der Waals surface area contributed by atoms with Gasteiger partial charge in [-0.25, -0.2) is 0 Å². The Morgan fingerprint density at radius 1 is 0.647 bits per heavy atom. The summed E-state index contributed by atoms with van der Waals surface area (Å²) in [6.45, 7) is 3.64. The monoisotopic (exact) mass is 748 g/mol. The molecular weight excluding hydrogens is 680 g/mol. The van der Waals surface area contributed by atoms with Crippen LogP contribution in [0.15, 0.2) is 24.3 Å². The van der Waals surface area contributed by atoms with Crippen molar-refractivity contribution < 1.29 is 56.8 Å². The Morgan fingerprint density at radius 2 is 1.14 bits per heavy atom. The van der Waals surface area contributed by atoms with Crippen LogP contribution in [0.2, 0.25) is 0 Å². The fourth-order valence-electron chi connectivity index (χ4n) is 5.65. The van der Waals surface area contributed by atoms with Crippen LogP contribution in [0.5, 0.6) is 0 Å². The molecule has 0 saturated carbocycles. The van der Waals surface area contributed by atoms with Crippen molar-refractivity contribution in [2.75, 3.05) is 19.0 Å². The number of unbranched alkanes of at least 4 members (excludes halogenated alkanes) is 15. The zero-order valence-corrected chi connectivity index (χ0v) is 32.0. The van der Waals surface area contributed by atoms with Gasteiger partial charge in [-0.2, -0.15) is 8.42 Å². The van der Waals surface area contributed by atoms with Gasteiger partial charge < -0.3 is 34.3 Å². The number of carbonyl (C=O) groups is 2. The maximum atomic E-state index is 12.7. The zero-order chi connectivity index (χ0) is 37.7. The van der Waals surface area contributed by atoms with Crippen LogP contribution in [0.25, 0.3) is 0 Å². The summed E-state index contributed by atoms with van der Waals surface area (Å²) in [5.41, 5.74) is 0. The first-order valence-electron chi connectivity index (χ1n) is 19.4. The van der Waals surface area contributed by atoms with Gasteiger partial charge in [0.2, 0.25) is 0 Å². The summed E-state index contributed by atoms with van der Waals surface area (Å²) in [4.78, 5) is 25.2. The molecule has 298 valence electrons. The predicted molar refractivity (Wildman–Crippen MR) is 196 cm³/mol. The number of aliphatic hydroxyl groups is 3. The minimum Gasteiger partial charge on any atom is -0.462 e. The molecule has 4 N–H and O–H groups in total. The molecule has 1 aliphatic rings. The van der Waals surface area contributed by atoms with Crippen LogP contribution in [0.1, 0.15) is 149 Å². The third-order valence-corrected chi connectivity index (χ3v) is 9.50. The van der Waals surface area contributed by atoms with E-state index in [1.165, 1.54) is 32.1 Å². The lowest BCUT2D eigenvalue weighted by Crippen LogP contribution is -2.60. The summed E-state index contributed by atoms with van der Waals surface area (Å²) in [5, 5.41) is 30.7. The quantitative estimate of drug-likeness (QED) is 0.0262. The smallest absolute Gasteiger partial charge is 0.306 e. The molecule has 0 radical (unpaired) electrons. The molecule has 12 nitrogen and oxygen atoms in total. The van der Waals surface area contributed by atoms with Gasteiger partial charge in [-0.05, 0) is 57.8 Å². The normalized spacial score (nSPS) is 21.7. The third kappa shape index (κ3) is 24.9. The van der Waals surface area contributed by atoms with Crippen LogP contribution < -0.4 is 0 Å². The molecule has 1 saturated heterocycles. The molecule has 1 fully saturated rings. The first-order valence-corrected chi connectivity index (χ1v) is 21.0. The van der Waals surface area contributed by atoms with Crippen molar-refractivity contribution >= 4 is 22.1 Å².